The summed E-state index contributed by atoms with van der Waals surface area (Å²) < 4.78 is 12.5. The van der Waals surface area contributed by atoms with Gasteiger partial charge in [-0.15, -0.1) is 0 Å². The van der Waals surface area contributed by atoms with Crippen LogP contribution in [-0.4, -0.2) is 40.8 Å². The van der Waals surface area contributed by atoms with Gasteiger partial charge in [-0.1, -0.05) is 0 Å². The van der Waals surface area contributed by atoms with E-state index in [4.69, 9.17) is 10.4 Å². The van der Waals surface area contributed by atoms with Crippen molar-refractivity contribution in [3.63, 3.8) is 0 Å². The fourth-order valence-corrected chi connectivity index (χ4v) is 1.55. The van der Waals surface area contributed by atoms with Crippen molar-refractivity contribution in [2.75, 3.05) is 6.61 Å². The molecule has 66 valence electrons. The molecule has 4 nitrogen and oxygen atoms in total. The number of hydrogen-bond donors (Lipinski definition) is 3. The molecule has 0 fully saturated rings. The van der Waals surface area contributed by atoms with Crippen LogP contribution >= 0.6 is 0 Å². The second-order valence-corrected chi connectivity index (χ2v) is 3.35. The van der Waals surface area contributed by atoms with Gasteiger partial charge in [-0.3, -0.25) is 0 Å². The Morgan fingerprint density at radius 3 is 3.00 bits per heavy atom. The van der Waals surface area contributed by atoms with E-state index in [1.165, 1.54) is 6.08 Å². The van der Waals surface area contributed by atoms with E-state index in [2.05, 4.69) is 0 Å². The monoisotopic (exact) mass is 274 g/mol. The predicted octanol–water partition coefficient (Wildman–Crippen LogP) is -4.77. The van der Waals surface area contributed by atoms with E-state index < -0.39 is 40.7 Å². The Kier molecular flexibility index (Phi) is 2.62. The Morgan fingerprint density at radius 2 is 2.45 bits per heavy atom. The summed E-state index contributed by atoms with van der Waals surface area (Å²) in [5, 5.41) is 27.1. The molecule has 5 heteroatoms. The van der Waals surface area contributed by atoms with Crippen LogP contribution in [0.15, 0.2) is 9.84 Å². The summed E-state index contributed by atoms with van der Waals surface area (Å²) >= 11 is -0.987. The maximum absolute atomic E-state index is 9.22. The van der Waals surface area contributed by atoms with Crippen LogP contribution in [0, 0.1) is 0 Å². The molecule has 3 N–H and O–H groups in total. The van der Waals surface area contributed by atoms with Gasteiger partial charge in [-0.2, -0.15) is 0 Å². The summed E-state index contributed by atoms with van der Waals surface area (Å²) in [6, 6.07) is 0. The molecule has 0 bridgehead atoms. The third-order valence-corrected chi connectivity index (χ3v) is 2.09. The van der Waals surface area contributed by atoms with Gasteiger partial charge in [0.1, 0.15) is 0 Å². The van der Waals surface area contributed by atoms with E-state index >= 15 is 0 Å². The number of aliphatic hydroxyl groups is 3. The Morgan fingerprint density at radius 1 is 1.73 bits per heavy atom. The molecule has 0 spiro atoms. The van der Waals surface area contributed by atoms with Crippen LogP contribution in [0.1, 0.15) is 0 Å². The molecule has 1 heterocycles. The van der Waals surface area contributed by atoms with Gasteiger partial charge in [0, 0.05) is 0 Å². The maximum atomic E-state index is 9.22. The van der Waals surface area contributed by atoms with Gasteiger partial charge in [-0.25, -0.2) is 0 Å². The predicted molar refractivity (Wildman–Crippen MR) is 33.5 cm³/mol. The molecule has 0 aliphatic carbocycles. The summed E-state index contributed by atoms with van der Waals surface area (Å²) in [4.78, 5) is 0. The average Bonchev–Trinajstić information content (AvgIpc) is 2.09. The van der Waals surface area contributed by atoms with Crippen molar-refractivity contribution in [3.8, 4) is 0 Å². The van der Waals surface area contributed by atoms with E-state index in [1.807, 2.05) is 0 Å². The zero-order valence-corrected chi connectivity index (χ0v) is 7.80. The van der Waals surface area contributed by atoms with Crippen molar-refractivity contribution in [1.29, 1.82) is 0.594 Å². The van der Waals surface area contributed by atoms with Crippen molar-refractivity contribution < 1.29 is 42.4 Å². The molecule has 0 aromatic heterocycles. The molecule has 1 aliphatic heterocycles. The van der Waals surface area contributed by atoms with E-state index in [1.54, 1.807) is 0 Å². The zero-order chi connectivity index (χ0) is 9.14. The summed E-state index contributed by atoms with van der Waals surface area (Å²) in [7, 11) is 0. The van der Waals surface area contributed by atoms with Crippen LogP contribution in [0.2, 0.25) is 0 Å². The third-order valence-electron chi connectivity index (χ3n) is 1.48. The summed E-state index contributed by atoms with van der Waals surface area (Å²) in [5.41, 5.74) is 0. The molecule has 0 aromatic rings. The van der Waals surface area contributed by atoms with Crippen molar-refractivity contribution in [1.82, 2.24) is 0 Å². The van der Waals surface area contributed by atoms with Crippen LogP contribution in [-0.2, 0) is 4.74 Å². The molecule has 1 rings (SSSR count). The number of aliphatic hydroxyl groups excluding tert-OH is 3. The Hall–Kier alpha value is 0.150. The van der Waals surface area contributed by atoms with Gasteiger partial charge in [0.25, 0.3) is 0 Å². The van der Waals surface area contributed by atoms with Gasteiger partial charge in [-0.05, 0) is 0 Å². The second kappa shape index (κ2) is 3.70. The van der Waals surface area contributed by atoms with Gasteiger partial charge < -0.3 is 0 Å². The molecule has 1 aliphatic rings. The van der Waals surface area contributed by atoms with Gasteiger partial charge in [0.2, 0.25) is 0 Å². The van der Waals surface area contributed by atoms with Gasteiger partial charge in [0.15, 0.2) is 0 Å². The normalized spacial score (nSPS) is 39.4. The molecule has 0 radical (unpaired) electrons. The molecule has 0 amide bonds. The number of rotatable bonds is 2. The van der Waals surface area contributed by atoms with E-state index in [9.17, 15) is 10.2 Å². The topological polar surface area (TPSA) is 69.9 Å². The van der Waals surface area contributed by atoms with E-state index in [-0.39, 0.29) is 6.61 Å². The first-order valence-electron chi connectivity index (χ1n) is 3.54. The summed E-state index contributed by atoms with van der Waals surface area (Å²) in [6.07, 6.45) is -1.56. The number of ether oxygens (including phenoxy) is 1. The van der Waals surface area contributed by atoms with E-state index in [0.717, 1.165) is 0 Å². The zero-order valence-electron chi connectivity index (χ0n) is 6.64. The third kappa shape index (κ3) is 2.05. The Bertz CT molecular complexity index is 186. The number of hydrogen-bond acceptors (Lipinski definition) is 4. The van der Waals surface area contributed by atoms with Crippen LogP contribution in [0.5, 0.6) is 0 Å². The van der Waals surface area contributed by atoms with Crippen molar-refractivity contribution in [3.05, 3.63) is 9.84 Å². The molecule has 0 unspecified atom stereocenters. The molecule has 3 atom stereocenters. The SMILES string of the molecule is [2H][I-]C1=C[C@@H](O)[C@H](O)[C@@H](CO)O1. The van der Waals surface area contributed by atoms with Gasteiger partial charge in [0.05, 0.1) is 0 Å². The minimum atomic E-state index is -1.09. The molecule has 0 aromatic carbocycles. The second-order valence-electron chi connectivity index (χ2n) is 2.29. The Labute approximate surface area is 78.1 Å². The molecule has 11 heavy (non-hydrogen) atoms. The quantitative estimate of drug-likeness (QED) is 0.442. The fourth-order valence-electron chi connectivity index (χ4n) is 0.852. The number of halogens is 1. The summed E-state index contributed by atoms with van der Waals surface area (Å²) in [6.45, 7) is -0.348. The fraction of sp³-hybridized carbons (Fsp3) is 0.667. The standard InChI is InChI=1S/C6H10IO4/c7-5-1-3(9)6(10)4(2-8)11-5/h1,3-4,6-10H,2H2/q-1/t3-,4-,6+/m1/s1/i7D. The van der Waals surface area contributed by atoms with Crippen LogP contribution in [0.3, 0.4) is 0 Å². The van der Waals surface area contributed by atoms with Crippen molar-refractivity contribution in [2.24, 2.45) is 0 Å². The average molecular weight is 274 g/mol. The van der Waals surface area contributed by atoms with Crippen LogP contribution in [0.25, 0.3) is 0 Å². The molecule has 0 saturated carbocycles. The first-order chi connectivity index (χ1) is 5.69. The first kappa shape index (κ1) is 7.78. The van der Waals surface area contributed by atoms with Crippen LogP contribution in [0.4, 0.5) is 0 Å². The van der Waals surface area contributed by atoms with Gasteiger partial charge >= 0.3 is 77.8 Å². The minimum absolute atomic E-state index is 0.348. The van der Waals surface area contributed by atoms with Crippen LogP contribution < -0.4 is 22.4 Å². The van der Waals surface area contributed by atoms with Crippen molar-refractivity contribution in [2.45, 2.75) is 18.3 Å². The molecular formula is C6H10IO4-. The van der Waals surface area contributed by atoms with Crippen molar-refractivity contribution >= 4 is 0 Å². The van der Waals surface area contributed by atoms with E-state index in [0.29, 0.717) is 3.77 Å². The molecular weight excluding hydrogens is 263 g/mol. The first-order valence-corrected chi connectivity index (χ1v) is 4.24. The molecule has 0 saturated heterocycles. The summed E-state index contributed by atoms with van der Waals surface area (Å²) in [5.74, 6) is 0. The Balaban J connectivity index is 2.68.